The van der Waals surface area contributed by atoms with Crippen LogP contribution in [0.4, 0.5) is 0 Å². The van der Waals surface area contributed by atoms with Crippen LogP contribution >= 0.6 is 0 Å². The summed E-state index contributed by atoms with van der Waals surface area (Å²) in [5.41, 5.74) is 5.25. The summed E-state index contributed by atoms with van der Waals surface area (Å²) in [7, 11) is 0. The molecule has 1 aromatic heterocycles. The predicted octanol–water partition coefficient (Wildman–Crippen LogP) is 0.0749. The van der Waals surface area contributed by atoms with Crippen LogP contribution in [0.15, 0.2) is 4.79 Å². The van der Waals surface area contributed by atoms with Crippen molar-refractivity contribution in [2.45, 2.75) is 45.2 Å². The highest BCUT2D eigenvalue weighted by Gasteiger charge is 2.26. The van der Waals surface area contributed by atoms with E-state index in [0.29, 0.717) is 6.54 Å². The Morgan fingerprint density at radius 2 is 2.20 bits per heavy atom. The summed E-state index contributed by atoms with van der Waals surface area (Å²) in [5.74, 6) is 0.910. The summed E-state index contributed by atoms with van der Waals surface area (Å²) in [5, 5.41) is 4.38. The van der Waals surface area contributed by atoms with Gasteiger partial charge in [0.05, 0.1) is 5.54 Å². The number of aryl methyl sites for hydroxylation is 1. The lowest BCUT2D eigenvalue weighted by atomic mass is 10.1. The van der Waals surface area contributed by atoms with E-state index < -0.39 is 0 Å². The number of rotatable bonds is 2. The van der Waals surface area contributed by atoms with Gasteiger partial charge in [-0.15, -0.1) is 0 Å². The molecule has 0 unspecified atom stereocenters. The smallest absolute Gasteiger partial charge is 0.328 e. The molecule has 1 aromatic rings. The van der Waals surface area contributed by atoms with Gasteiger partial charge in [0.15, 0.2) is 0 Å². The van der Waals surface area contributed by atoms with Crippen molar-refractivity contribution in [2.75, 3.05) is 6.54 Å². The van der Waals surface area contributed by atoms with Crippen molar-refractivity contribution in [1.29, 1.82) is 0 Å². The summed E-state index contributed by atoms with van der Waals surface area (Å²) >= 11 is 0. The molecule has 2 rings (SSSR count). The van der Waals surface area contributed by atoms with Crippen molar-refractivity contribution >= 4 is 0 Å². The van der Waals surface area contributed by atoms with E-state index >= 15 is 0 Å². The Morgan fingerprint density at radius 3 is 2.80 bits per heavy atom. The van der Waals surface area contributed by atoms with Crippen molar-refractivity contribution in [1.82, 2.24) is 14.3 Å². The molecule has 5 heteroatoms. The molecule has 1 aliphatic rings. The number of hydrogen-bond acceptors (Lipinski definition) is 3. The molecular formula is C10H18N4O. The van der Waals surface area contributed by atoms with Gasteiger partial charge in [-0.2, -0.15) is 5.10 Å². The van der Waals surface area contributed by atoms with E-state index in [-0.39, 0.29) is 11.2 Å². The second kappa shape index (κ2) is 3.48. The first-order valence-corrected chi connectivity index (χ1v) is 5.45. The van der Waals surface area contributed by atoms with Gasteiger partial charge < -0.3 is 5.73 Å². The van der Waals surface area contributed by atoms with Gasteiger partial charge >= 0.3 is 5.69 Å². The van der Waals surface area contributed by atoms with E-state index in [1.54, 1.807) is 4.57 Å². The molecule has 0 saturated carbocycles. The molecule has 0 fully saturated rings. The van der Waals surface area contributed by atoms with Gasteiger partial charge in [0.2, 0.25) is 0 Å². The van der Waals surface area contributed by atoms with E-state index in [0.717, 1.165) is 31.6 Å². The molecule has 84 valence electrons. The van der Waals surface area contributed by atoms with Crippen molar-refractivity contribution < 1.29 is 0 Å². The maximum Gasteiger partial charge on any atom is 0.346 e. The molecule has 2 heterocycles. The van der Waals surface area contributed by atoms with Crippen molar-refractivity contribution in [2.24, 2.45) is 5.73 Å². The molecule has 1 aliphatic heterocycles. The summed E-state index contributed by atoms with van der Waals surface area (Å²) in [4.78, 5) is 12.0. The zero-order valence-corrected chi connectivity index (χ0v) is 9.36. The quantitative estimate of drug-likeness (QED) is 0.751. The second-order valence-electron chi connectivity index (χ2n) is 4.74. The molecule has 0 aliphatic carbocycles. The van der Waals surface area contributed by atoms with Crippen LogP contribution in [0.2, 0.25) is 0 Å². The highest BCUT2D eigenvalue weighted by molar-refractivity contribution is 4.94. The molecule has 5 nitrogen and oxygen atoms in total. The number of hydrogen-bond donors (Lipinski definition) is 1. The second-order valence-corrected chi connectivity index (χ2v) is 4.74. The first-order valence-electron chi connectivity index (χ1n) is 5.45. The number of nitrogens with zero attached hydrogens (tertiary/aromatic N) is 3. The van der Waals surface area contributed by atoms with Gasteiger partial charge in [-0.1, -0.05) is 0 Å². The zero-order valence-electron chi connectivity index (χ0n) is 9.36. The summed E-state index contributed by atoms with van der Waals surface area (Å²) in [6.45, 7) is 5.10. The molecule has 0 aromatic carbocycles. The highest BCUT2D eigenvalue weighted by atomic mass is 16.2. The van der Waals surface area contributed by atoms with E-state index in [2.05, 4.69) is 5.10 Å². The molecular weight excluding hydrogens is 192 g/mol. The number of aromatic nitrogens is 3. The minimum Gasteiger partial charge on any atom is -0.328 e. The van der Waals surface area contributed by atoms with Gasteiger partial charge in [0, 0.05) is 19.5 Å². The molecule has 2 N–H and O–H groups in total. The third-order valence-corrected chi connectivity index (χ3v) is 3.04. The largest absolute Gasteiger partial charge is 0.346 e. The van der Waals surface area contributed by atoms with Crippen LogP contribution in [-0.4, -0.2) is 20.9 Å². The van der Waals surface area contributed by atoms with Gasteiger partial charge in [-0.05, 0) is 26.7 Å². The Balaban J connectivity index is 2.51. The van der Waals surface area contributed by atoms with Gasteiger partial charge in [-0.3, -0.25) is 4.57 Å². The first-order chi connectivity index (χ1) is 7.06. The van der Waals surface area contributed by atoms with E-state index in [1.165, 1.54) is 4.68 Å². The van der Waals surface area contributed by atoms with Gasteiger partial charge in [-0.25, -0.2) is 9.48 Å². The monoisotopic (exact) mass is 210 g/mol. The normalized spacial score (nSPS) is 16.5. The Labute approximate surface area is 88.9 Å². The molecule has 0 bridgehead atoms. The minimum absolute atomic E-state index is 0.0137. The van der Waals surface area contributed by atoms with E-state index in [1.807, 2.05) is 13.8 Å². The Bertz CT molecular complexity index is 416. The zero-order chi connectivity index (χ0) is 11.1. The lowest BCUT2D eigenvalue weighted by Crippen LogP contribution is -2.43. The maximum atomic E-state index is 12.0. The predicted molar refractivity (Wildman–Crippen MR) is 57.8 cm³/mol. The van der Waals surface area contributed by atoms with Gasteiger partial charge in [0.1, 0.15) is 5.82 Å². The SMILES string of the molecule is CC(C)(CN)n1nc2n(c1=O)CCCC2. The third kappa shape index (κ3) is 1.61. The fourth-order valence-corrected chi connectivity index (χ4v) is 1.88. The Morgan fingerprint density at radius 1 is 1.47 bits per heavy atom. The van der Waals surface area contributed by atoms with E-state index in [4.69, 9.17) is 5.73 Å². The minimum atomic E-state index is -0.387. The average molecular weight is 210 g/mol. The van der Waals surface area contributed by atoms with Crippen molar-refractivity contribution in [3.63, 3.8) is 0 Å². The van der Waals surface area contributed by atoms with Crippen molar-refractivity contribution in [3.05, 3.63) is 16.3 Å². The van der Waals surface area contributed by atoms with Crippen LogP contribution < -0.4 is 11.4 Å². The van der Waals surface area contributed by atoms with Crippen LogP contribution in [0.1, 0.15) is 32.5 Å². The fraction of sp³-hybridized carbons (Fsp3) is 0.800. The summed E-state index contributed by atoms with van der Waals surface area (Å²) < 4.78 is 3.31. The van der Waals surface area contributed by atoms with Crippen LogP contribution in [-0.2, 0) is 18.5 Å². The molecule has 15 heavy (non-hydrogen) atoms. The van der Waals surface area contributed by atoms with Crippen LogP contribution in [0.25, 0.3) is 0 Å². The van der Waals surface area contributed by atoms with Crippen LogP contribution in [0.5, 0.6) is 0 Å². The topological polar surface area (TPSA) is 65.8 Å². The fourth-order valence-electron chi connectivity index (χ4n) is 1.88. The lowest BCUT2D eigenvalue weighted by Gasteiger charge is -2.21. The molecule has 0 saturated heterocycles. The highest BCUT2D eigenvalue weighted by Crippen LogP contribution is 2.14. The van der Waals surface area contributed by atoms with Crippen LogP contribution in [0, 0.1) is 0 Å². The van der Waals surface area contributed by atoms with Gasteiger partial charge in [0.25, 0.3) is 0 Å². The molecule has 0 amide bonds. The Kier molecular flexibility index (Phi) is 2.42. The average Bonchev–Trinajstić information content (AvgIpc) is 2.58. The molecule has 0 atom stereocenters. The Hall–Kier alpha value is -1.10. The molecule has 0 spiro atoms. The van der Waals surface area contributed by atoms with Crippen molar-refractivity contribution in [3.8, 4) is 0 Å². The first kappa shape index (κ1) is 10.4. The lowest BCUT2D eigenvalue weighted by molar-refractivity contribution is 0.316. The standard InChI is InChI=1S/C10H18N4O/c1-10(2,7-11)14-9(15)13-6-4-3-5-8(13)12-14/h3-7,11H2,1-2H3. The van der Waals surface area contributed by atoms with Crippen LogP contribution in [0.3, 0.4) is 0 Å². The molecule has 0 radical (unpaired) electrons. The summed E-state index contributed by atoms with van der Waals surface area (Å²) in [6, 6.07) is 0. The van der Waals surface area contributed by atoms with E-state index in [9.17, 15) is 4.79 Å². The number of nitrogens with two attached hydrogens (primary N) is 1. The summed E-state index contributed by atoms with van der Waals surface area (Å²) in [6.07, 6.45) is 3.10. The number of fused-ring (bicyclic) bond motifs is 1. The third-order valence-electron chi connectivity index (χ3n) is 3.04. The maximum absolute atomic E-state index is 12.0.